The lowest BCUT2D eigenvalue weighted by Gasteiger charge is -2.25. The van der Waals surface area contributed by atoms with Crippen molar-refractivity contribution in [2.24, 2.45) is 0 Å². The fourth-order valence-electron chi connectivity index (χ4n) is 4.61. The van der Waals surface area contributed by atoms with Gasteiger partial charge in [-0.1, -0.05) is 54.6 Å². The standard InChI is InChI=1S/C30H15F4NO2S/c31-25-23-24(26(32)28(34)27(25)33)30(37)20(29(23)36)15-18-13-14-22(38-18)35(17-9-2-1-3-10-17)21-12-6-8-16-7-4-5-11-19(16)21/h1-15H. The van der Waals surface area contributed by atoms with E-state index in [1.807, 2.05) is 77.7 Å². The van der Waals surface area contributed by atoms with Crippen molar-refractivity contribution in [1.29, 1.82) is 0 Å². The van der Waals surface area contributed by atoms with Gasteiger partial charge in [0.1, 0.15) is 5.00 Å². The van der Waals surface area contributed by atoms with Crippen LogP contribution in [-0.2, 0) is 0 Å². The Balaban J connectivity index is 1.46. The van der Waals surface area contributed by atoms with Crippen LogP contribution in [0, 0.1) is 23.3 Å². The minimum absolute atomic E-state index is 0.437. The first-order valence-electron chi connectivity index (χ1n) is 11.5. The van der Waals surface area contributed by atoms with Crippen LogP contribution in [0.2, 0.25) is 0 Å². The minimum atomic E-state index is -2.13. The summed E-state index contributed by atoms with van der Waals surface area (Å²) < 4.78 is 56.1. The lowest BCUT2D eigenvalue weighted by atomic mass is 10.1. The number of anilines is 3. The third-order valence-corrected chi connectivity index (χ3v) is 7.37. The number of Topliss-reactive ketones (excluding diaryl/α,β-unsaturated/α-hetero) is 2. The molecule has 0 N–H and O–H groups in total. The van der Waals surface area contributed by atoms with E-state index >= 15 is 0 Å². The number of hydrogen-bond donors (Lipinski definition) is 0. The number of thiophene rings is 1. The summed E-state index contributed by atoms with van der Waals surface area (Å²) in [6.45, 7) is 0. The molecule has 1 aliphatic rings. The molecular formula is C30H15F4NO2S. The van der Waals surface area contributed by atoms with Crippen LogP contribution in [-0.4, -0.2) is 11.6 Å². The second-order valence-electron chi connectivity index (χ2n) is 8.57. The van der Waals surface area contributed by atoms with Gasteiger partial charge in [-0.05, 0) is 41.8 Å². The Kier molecular flexibility index (Phi) is 5.69. The number of carbonyl (C=O) groups excluding carboxylic acids is 2. The first-order valence-corrected chi connectivity index (χ1v) is 12.3. The highest BCUT2D eigenvalue weighted by atomic mass is 32.1. The molecule has 4 aromatic carbocycles. The van der Waals surface area contributed by atoms with Gasteiger partial charge in [0.25, 0.3) is 0 Å². The molecule has 8 heteroatoms. The number of halogens is 4. The third-order valence-electron chi connectivity index (χ3n) is 6.35. The molecule has 0 saturated carbocycles. The second-order valence-corrected chi connectivity index (χ2v) is 9.66. The largest absolute Gasteiger partial charge is 0.301 e. The number of allylic oxidation sites excluding steroid dienone is 1. The summed E-state index contributed by atoms with van der Waals surface area (Å²) in [4.78, 5) is 28.0. The van der Waals surface area contributed by atoms with Crippen LogP contribution in [0.4, 0.5) is 33.9 Å². The third kappa shape index (κ3) is 3.64. The number of carbonyl (C=O) groups is 2. The molecule has 3 nitrogen and oxygen atoms in total. The zero-order valence-corrected chi connectivity index (χ0v) is 20.2. The maximum atomic E-state index is 14.3. The number of hydrogen-bond acceptors (Lipinski definition) is 4. The number of para-hydroxylation sites is 1. The van der Waals surface area contributed by atoms with Crippen LogP contribution in [0.1, 0.15) is 25.6 Å². The van der Waals surface area contributed by atoms with Crippen LogP contribution >= 0.6 is 11.3 Å². The van der Waals surface area contributed by atoms with Crippen LogP contribution in [0.15, 0.2) is 90.5 Å². The van der Waals surface area contributed by atoms with Crippen molar-refractivity contribution in [3.8, 4) is 0 Å². The zero-order valence-electron chi connectivity index (χ0n) is 19.3. The Morgan fingerprint density at radius 2 is 1.24 bits per heavy atom. The topological polar surface area (TPSA) is 37.4 Å². The van der Waals surface area contributed by atoms with E-state index < -0.39 is 51.5 Å². The number of nitrogens with zero attached hydrogens (tertiary/aromatic N) is 1. The SMILES string of the molecule is O=C1C(=Cc2ccc(N(c3ccccc3)c3cccc4ccccc34)s2)C(=O)c2c(F)c(F)c(F)c(F)c21. The molecule has 0 aliphatic heterocycles. The van der Waals surface area contributed by atoms with Crippen LogP contribution in [0.25, 0.3) is 16.8 Å². The fourth-order valence-corrected chi connectivity index (χ4v) is 5.59. The van der Waals surface area contributed by atoms with Crippen LogP contribution in [0.5, 0.6) is 0 Å². The van der Waals surface area contributed by atoms with Crippen molar-refractivity contribution in [3.05, 3.63) is 130 Å². The molecule has 0 fully saturated rings. The quantitative estimate of drug-likeness (QED) is 0.0772. The number of rotatable bonds is 4. The van der Waals surface area contributed by atoms with E-state index in [-0.39, 0.29) is 0 Å². The molecule has 38 heavy (non-hydrogen) atoms. The Morgan fingerprint density at radius 1 is 0.632 bits per heavy atom. The predicted octanol–water partition coefficient (Wildman–Crippen LogP) is 8.39. The predicted molar refractivity (Wildman–Crippen MR) is 139 cm³/mol. The highest BCUT2D eigenvalue weighted by molar-refractivity contribution is 7.17. The molecular weight excluding hydrogens is 514 g/mol. The molecule has 0 saturated heterocycles. The lowest BCUT2D eigenvalue weighted by molar-refractivity contribution is 0.0988. The van der Waals surface area contributed by atoms with E-state index in [9.17, 15) is 27.2 Å². The molecule has 6 rings (SSSR count). The van der Waals surface area contributed by atoms with Gasteiger partial charge in [0, 0.05) is 16.0 Å². The van der Waals surface area contributed by atoms with Crippen molar-refractivity contribution < 1.29 is 27.2 Å². The van der Waals surface area contributed by atoms with Gasteiger partial charge < -0.3 is 4.90 Å². The van der Waals surface area contributed by atoms with Gasteiger partial charge in [-0.15, -0.1) is 11.3 Å². The number of benzene rings is 4. The van der Waals surface area contributed by atoms with Crippen molar-refractivity contribution in [2.45, 2.75) is 0 Å². The molecule has 0 radical (unpaired) electrons. The van der Waals surface area contributed by atoms with E-state index in [1.54, 1.807) is 12.1 Å². The molecule has 0 bridgehead atoms. The lowest BCUT2D eigenvalue weighted by Crippen LogP contribution is -2.08. The van der Waals surface area contributed by atoms with Gasteiger partial charge in [-0.25, -0.2) is 17.6 Å². The second kappa shape index (κ2) is 9.08. The van der Waals surface area contributed by atoms with Crippen molar-refractivity contribution in [3.63, 3.8) is 0 Å². The fraction of sp³-hybridized carbons (Fsp3) is 0. The summed E-state index contributed by atoms with van der Waals surface area (Å²) in [5.74, 6) is -10.4. The molecule has 1 heterocycles. The van der Waals surface area contributed by atoms with E-state index in [4.69, 9.17) is 0 Å². The molecule has 5 aromatic rings. The van der Waals surface area contributed by atoms with E-state index in [2.05, 4.69) is 0 Å². The number of ketones is 2. The minimum Gasteiger partial charge on any atom is -0.301 e. The smallest absolute Gasteiger partial charge is 0.200 e. The Hall–Kier alpha value is -4.56. The zero-order chi connectivity index (χ0) is 26.6. The summed E-state index contributed by atoms with van der Waals surface area (Å²) in [7, 11) is 0. The summed E-state index contributed by atoms with van der Waals surface area (Å²) in [5.41, 5.74) is -0.980. The summed E-state index contributed by atoms with van der Waals surface area (Å²) in [6, 6.07) is 26.9. The van der Waals surface area contributed by atoms with Crippen LogP contribution < -0.4 is 4.90 Å². The van der Waals surface area contributed by atoms with Gasteiger partial charge in [0.15, 0.2) is 23.3 Å². The van der Waals surface area contributed by atoms with E-state index in [0.29, 0.717) is 4.88 Å². The van der Waals surface area contributed by atoms with Crippen molar-refractivity contribution in [1.82, 2.24) is 0 Å². The molecule has 186 valence electrons. The molecule has 0 unspecified atom stereocenters. The maximum Gasteiger partial charge on any atom is 0.200 e. The normalized spacial score (nSPS) is 12.8. The molecule has 0 atom stereocenters. The monoisotopic (exact) mass is 529 g/mol. The molecule has 0 amide bonds. The van der Waals surface area contributed by atoms with Gasteiger partial charge in [0.2, 0.25) is 11.6 Å². The highest BCUT2D eigenvalue weighted by Crippen LogP contribution is 2.43. The molecule has 1 aliphatic carbocycles. The maximum absolute atomic E-state index is 14.3. The van der Waals surface area contributed by atoms with Crippen molar-refractivity contribution >= 4 is 56.1 Å². The van der Waals surface area contributed by atoms with Gasteiger partial charge >= 0.3 is 0 Å². The molecule has 1 aromatic heterocycles. The first-order chi connectivity index (χ1) is 18.4. The summed E-state index contributed by atoms with van der Waals surface area (Å²) in [6.07, 6.45) is 1.19. The van der Waals surface area contributed by atoms with Gasteiger partial charge in [0.05, 0.1) is 22.4 Å². The highest BCUT2D eigenvalue weighted by Gasteiger charge is 2.42. The average Bonchev–Trinajstić information content (AvgIpc) is 3.50. The van der Waals surface area contributed by atoms with Gasteiger partial charge in [-0.2, -0.15) is 0 Å². The molecule has 0 spiro atoms. The summed E-state index contributed by atoms with van der Waals surface area (Å²) >= 11 is 1.23. The Labute approximate surface area is 217 Å². The van der Waals surface area contributed by atoms with Crippen molar-refractivity contribution in [2.75, 3.05) is 4.90 Å². The van der Waals surface area contributed by atoms with E-state index in [0.717, 1.165) is 27.1 Å². The van der Waals surface area contributed by atoms with Gasteiger partial charge in [-0.3, -0.25) is 9.59 Å². The number of fused-ring (bicyclic) bond motifs is 2. The summed E-state index contributed by atoms with van der Waals surface area (Å²) in [5, 5.41) is 2.77. The van der Waals surface area contributed by atoms with E-state index in [1.165, 1.54) is 17.4 Å². The average molecular weight is 530 g/mol. The Morgan fingerprint density at radius 3 is 1.92 bits per heavy atom. The van der Waals surface area contributed by atoms with Crippen LogP contribution in [0.3, 0.4) is 0 Å². The Bertz CT molecular complexity index is 1760. The first kappa shape index (κ1) is 23.8.